The smallest absolute Gasteiger partial charge is 0.323 e. The largest absolute Gasteiger partial charge is 0.336 e. The zero-order chi connectivity index (χ0) is 22.7. The van der Waals surface area contributed by atoms with Crippen LogP contribution >= 0.6 is 0 Å². The lowest BCUT2D eigenvalue weighted by Gasteiger charge is -2.11. The molecule has 2 aromatic carbocycles. The standard InChI is InChI=1S/C24H23N5O3/c1-14(2)20-13-19(21-15(3)29-32-23(21)28-20)22(30)25-17-10-7-11-18(12-17)27-24(31)26-16-8-5-4-6-9-16/h4-14H,1-3H3,(H,25,30)(H2,26,27,31). The number of para-hydroxylation sites is 1. The minimum absolute atomic E-state index is 0.118. The Labute approximate surface area is 185 Å². The molecule has 4 aromatic rings. The maximum Gasteiger partial charge on any atom is 0.323 e. The number of nitrogens with zero attached hydrogens (tertiary/aromatic N) is 2. The average Bonchev–Trinajstić information content (AvgIpc) is 3.14. The summed E-state index contributed by atoms with van der Waals surface area (Å²) in [5.74, 6) is -0.191. The summed E-state index contributed by atoms with van der Waals surface area (Å²) in [4.78, 5) is 29.8. The van der Waals surface area contributed by atoms with Crippen LogP contribution in [0.25, 0.3) is 11.1 Å². The third kappa shape index (κ3) is 4.59. The minimum Gasteiger partial charge on any atom is -0.336 e. The Bertz CT molecular complexity index is 1280. The Morgan fingerprint density at radius 3 is 2.25 bits per heavy atom. The minimum atomic E-state index is -0.378. The Morgan fingerprint density at radius 2 is 1.53 bits per heavy atom. The van der Waals surface area contributed by atoms with E-state index in [4.69, 9.17) is 4.52 Å². The number of anilines is 3. The molecule has 2 aromatic heterocycles. The molecule has 0 aliphatic heterocycles. The first-order chi connectivity index (χ1) is 15.4. The normalized spacial score (nSPS) is 10.9. The molecule has 8 nitrogen and oxygen atoms in total. The van der Waals surface area contributed by atoms with Gasteiger partial charge in [0.1, 0.15) is 0 Å². The molecule has 0 spiro atoms. The van der Waals surface area contributed by atoms with Crippen molar-refractivity contribution in [1.82, 2.24) is 10.1 Å². The monoisotopic (exact) mass is 429 g/mol. The second kappa shape index (κ2) is 8.89. The predicted molar refractivity (Wildman–Crippen MR) is 124 cm³/mol. The number of carbonyl (C=O) groups is 2. The van der Waals surface area contributed by atoms with Crippen molar-refractivity contribution in [2.75, 3.05) is 16.0 Å². The van der Waals surface area contributed by atoms with E-state index < -0.39 is 0 Å². The molecule has 0 bridgehead atoms. The number of rotatable bonds is 5. The highest BCUT2D eigenvalue weighted by Crippen LogP contribution is 2.26. The number of aryl methyl sites for hydroxylation is 1. The van der Waals surface area contributed by atoms with Crippen molar-refractivity contribution in [3.63, 3.8) is 0 Å². The van der Waals surface area contributed by atoms with Gasteiger partial charge in [0.2, 0.25) is 0 Å². The van der Waals surface area contributed by atoms with Crippen LogP contribution in [0.3, 0.4) is 0 Å². The molecule has 0 radical (unpaired) electrons. The molecule has 3 N–H and O–H groups in total. The van der Waals surface area contributed by atoms with Crippen LogP contribution in [-0.4, -0.2) is 22.1 Å². The van der Waals surface area contributed by atoms with Crippen LogP contribution in [0.15, 0.2) is 65.2 Å². The molecule has 4 rings (SSSR count). The molecule has 3 amide bonds. The number of carbonyl (C=O) groups excluding carboxylic acids is 2. The lowest BCUT2D eigenvalue weighted by atomic mass is 10.0. The summed E-state index contributed by atoms with van der Waals surface area (Å²) in [6.07, 6.45) is 0. The number of nitrogens with one attached hydrogen (secondary N) is 3. The number of hydrogen-bond donors (Lipinski definition) is 3. The number of hydrogen-bond acceptors (Lipinski definition) is 5. The molecular weight excluding hydrogens is 406 g/mol. The van der Waals surface area contributed by atoms with E-state index in [2.05, 4.69) is 26.1 Å². The van der Waals surface area contributed by atoms with Gasteiger partial charge in [-0.25, -0.2) is 9.78 Å². The van der Waals surface area contributed by atoms with Gasteiger partial charge in [-0.3, -0.25) is 4.79 Å². The maximum absolute atomic E-state index is 13.1. The molecular formula is C24H23N5O3. The van der Waals surface area contributed by atoms with Gasteiger partial charge >= 0.3 is 6.03 Å². The average molecular weight is 429 g/mol. The van der Waals surface area contributed by atoms with Gasteiger partial charge in [-0.15, -0.1) is 0 Å². The molecule has 0 atom stereocenters. The molecule has 0 fully saturated rings. The summed E-state index contributed by atoms with van der Waals surface area (Å²) in [7, 11) is 0. The first-order valence-corrected chi connectivity index (χ1v) is 10.2. The summed E-state index contributed by atoms with van der Waals surface area (Å²) >= 11 is 0. The van der Waals surface area contributed by atoms with Gasteiger partial charge < -0.3 is 20.5 Å². The number of urea groups is 1. The molecule has 2 heterocycles. The second-order valence-corrected chi connectivity index (χ2v) is 7.68. The summed E-state index contributed by atoms with van der Waals surface area (Å²) in [5, 5.41) is 13.0. The van der Waals surface area contributed by atoms with Crippen molar-refractivity contribution in [1.29, 1.82) is 0 Å². The van der Waals surface area contributed by atoms with E-state index in [1.54, 1.807) is 49.4 Å². The van der Waals surface area contributed by atoms with Crippen LogP contribution in [-0.2, 0) is 0 Å². The summed E-state index contributed by atoms with van der Waals surface area (Å²) in [6.45, 7) is 5.76. The molecule has 0 unspecified atom stereocenters. The third-order valence-corrected chi connectivity index (χ3v) is 4.88. The summed E-state index contributed by atoms with van der Waals surface area (Å²) < 4.78 is 5.30. The van der Waals surface area contributed by atoms with Crippen molar-refractivity contribution >= 4 is 40.1 Å². The topological polar surface area (TPSA) is 109 Å². The SMILES string of the molecule is Cc1noc2nc(C(C)C)cc(C(=O)Nc3cccc(NC(=O)Nc4ccccc4)c3)c12. The van der Waals surface area contributed by atoms with Crippen LogP contribution in [0.2, 0.25) is 0 Å². The van der Waals surface area contributed by atoms with E-state index in [9.17, 15) is 9.59 Å². The van der Waals surface area contributed by atoms with Gasteiger partial charge in [0, 0.05) is 22.8 Å². The third-order valence-electron chi connectivity index (χ3n) is 4.88. The Hall–Kier alpha value is -4.20. The van der Waals surface area contributed by atoms with Crippen LogP contribution in [0, 0.1) is 6.92 Å². The second-order valence-electron chi connectivity index (χ2n) is 7.68. The van der Waals surface area contributed by atoms with Crippen molar-refractivity contribution in [2.24, 2.45) is 0 Å². The number of fused-ring (bicyclic) bond motifs is 1. The van der Waals surface area contributed by atoms with Gasteiger partial charge in [0.15, 0.2) is 0 Å². The Balaban J connectivity index is 1.53. The van der Waals surface area contributed by atoms with E-state index in [0.717, 1.165) is 5.69 Å². The van der Waals surface area contributed by atoms with Crippen molar-refractivity contribution in [3.05, 3.63) is 77.6 Å². The quantitative estimate of drug-likeness (QED) is 0.385. The lowest BCUT2D eigenvalue weighted by Crippen LogP contribution is -2.19. The number of benzene rings is 2. The first kappa shape index (κ1) is 21.0. The highest BCUT2D eigenvalue weighted by molar-refractivity contribution is 6.12. The number of aromatic nitrogens is 2. The molecule has 0 saturated heterocycles. The van der Waals surface area contributed by atoms with Crippen molar-refractivity contribution in [3.8, 4) is 0 Å². The number of pyridine rings is 1. The zero-order valence-electron chi connectivity index (χ0n) is 18.0. The zero-order valence-corrected chi connectivity index (χ0v) is 18.0. The van der Waals surface area contributed by atoms with E-state index in [-0.39, 0.29) is 17.9 Å². The van der Waals surface area contributed by atoms with Gasteiger partial charge in [-0.05, 0) is 49.2 Å². The number of amides is 3. The molecule has 162 valence electrons. The van der Waals surface area contributed by atoms with Gasteiger partial charge in [-0.2, -0.15) is 0 Å². The van der Waals surface area contributed by atoms with Crippen LogP contribution < -0.4 is 16.0 Å². The fraction of sp³-hybridized carbons (Fsp3) is 0.167. The van der Waals surface area contributed by atoms with E-state index in [1.807, 2.05) is 32.0 Å². The fourth-order valence-electron chi connectivity index (χ4n) is 3.28. The Kier molecular flexibility index (Phi) is 5.85. The van der Waals surface area contributed by atoms with Crippen LogP contribution in [0.5, 0.6) is 0 Å². The molecule has 8 heteroatoms. The maximum atomic E-state index is 13.1. The van der Waals surface area contributed by atoms with Crippen molar-refractivity contribution in [2.45, 2.75) is 26.7 Å². The fourth-order valence-corrected chi connectivity index (χ4v) is 3.28. The lowest BCUT2D eigenvalue weighted by molar-refractivity contribution is 0.102. The van der Waals surface area contributed by atoms with Gasteiger partial charge in [0.25, 0.3) is 11.6 Å². The predicted octanol–water partition coefficient (Wildman–Crippen LogP) is 5.55. The molecule has 32 heavy (non-hydrogen) atoms. The van der Waals surface area contributed by atoms with Crippen molar-refractivity contribution < 1.29 is 14.1 Å². The van der Waals surface area contributed by atoms with E-state index >= 15 is 0 Å². The molecule has 0 aliphatic rings. The van der Waals surface area contributed by atoms with Gasteiger partial charge in [-0.1, -0.05) is 43.3 Å². The summed E-state index contributed by atoms with van der Waals surface area (Å²) in [6, 6.07) is 17.5. The van der Waals surface area contributed by atoms with Crippen LogP contribution in [0.1, 0.15) is 41.5 Å². The van der Waals surface area contributed by atoms with Gasteiger partial charge in [0.05, 0.1) is 16.6 Å². The Morgan fingerprint density at radius 1 is 0.875 bits per heavy atom. The summed E-state index contributed by atoms with van der Waals surface area (Å²) in [5.41, 5.74) is 3.89. The molecule has 0 aliphatic carbocycles. The highest BCUT2D eigenvalue weighted by atomic mass is 16.5. The van der Waals surface area contributed by atoms with Crippen LogP contribution in [0.4, 0.5) is 21.9 Å². The first-order valence-electron chi connectivity index (χ1n) is 10.2. The van der Waals surface area contributed by atoms with E-state index in [1.165, 1.54) is 0 Å². The van der Waals surface area contributed by atoms with E-state index in [0.29, 0.717) is 39.4 Å². The molecule has 0 saturated carbocycles. The highest BCUT2D eigenvalue weighted by Gasteiger charge is 2.20.